The van der Waals surface area contributed by atoms with Crippen molar-refractivity contribution < 1.29 is 9.63 Å². The molecular weight excluding hydrogens is 216 g/mol. The maximum absolute atomic E-state index is 9.90. The monoisotopic (exact) mass is 232 g/mol. The standard InChI is InChI=1S/C13H16N2O2/c1-9-5-11(14-17-9)7-15-6-10-3-2-4-13(16)12(10)8-15/h5-6,8,13,16H,2-4,7H2,1H3. The Balaban J connectivity index is 1.85. The van der Waals surface area contributed by atoms with Crippen LogP contribution < -0.4 is 0 Å². The van der Waals surface area contributed by atoms with E-state index in [4.69, 9.17) is 4.52 Å². The van der Waals surface area contributed by atoms with E-state index in [2.05, 4.69) is 15.9 Å². The summed E-state index contributed by atoms with van der Waals surface area (Å²) in [6.07, 6.45) is 6.86. The van der Waals surface area contributed by atoms with E-state index in [0.29, 0.717) is 6.54 Å². The molecule has 1 unspecified atom stereocenters. The first-order valence-corrected chi connectivity index (χ1v) is 6.01. The molecule has 4 heteroatoms. The predicted molar refractivity (Wildman–Crippen MR) is 62.7 cm³/mol. The highest BCUT2D eigenvalue weighted by molar-refractivity contribution is 5.29. The molecule has 90 valence electrons. The van der Waals surface area contributed by atoms with Crippen LogP contribution in [0.15, 0.2) is 23.0 Å². The number of rotatable bonds is 2. The molecule has 4 nitrogen and oxygen atoms in total. The van der Waals surface area contributed by atoms with E-state index in [-0.39, 0.29) is 6.10 Å². The molecule has 0 amide bonds. The molecule has 0 bridgehead atoms. The highest BCUT2D eigenvalue weighted by atomic mass is 16.5. The maximum Gasteiger partial charge on any atom is 0.133 e. The topological polar surface area (TPSA) is 51.2 Å². The molecule has 0 radical (unpaired) electrons. The van der Waals surface area contributed by atoms with Crippen LogP contribution in [0.1, 0.15) is 41.5 Å². The van der Waals surface area contributed by atoms with Gasteiger partial charge >= 0.3 is 0 Å². The van der Waals surface area contributed by atoms with E-state index >= 15 is 0 Å². The summed E-state index contributed by atoms with van der Waals surface area (Å²) >= 11 is 0. The first kappa shape index (κ1) is 10.6. The van der Waals surface area contributed by atoms with Crippen molar-refractivity contribution in [3.05, 3.63) is 41.0 Å². The molecular formula is C13H16N2O2. The smallest absolute Gasteiger partial charge is 0.133 e. The van der Waals surface area contributed by atoms with Gasteiger partial charge in [0.05, 0.1) is 12.6 Å². The summed E-state index contributed by atoms with van der Waals surface area (Å²) in [5.41, 5.74) is 3.27. The summed E-state index contributed by atoms with van der Waals surface area (Å²) in [6, 6.07) is 1.94. The van der Waals surface area contributed by atoms with Crippen LogP contribution in [0, 0.1) is 6.92 Å². The van der Waals surface area contributed by atoms with Gasteiger partial charge in [0, 0.05) is 24.0 Å². The fraction of sp³-hybridized carbons (Fsp3) is 0.462. The minimum absolute atomic E-state index is 0.293. The quantitative estimate of drug-likeness (QED) is 0.863. The average molecular weight is 232 g/mol. The molecule has 17 heavy (non-hydrogen) atoms. The molecule has 1 aliphatic carbocycles. The maximum atomic E-state index is 9.90. The fourth-order valence-electron chi connectivity index (χ4n) is 2.49. The van der Waals surface area contributed by atoms with E-state index < -0.39 is 0 Å². The molecule has 1 atom stereocenters. The van der Waals surface area contributed by atoms with Crippen LogP contribution in [0.2, 0.25) is 0 Å². The van der Waals surface area contributed by atoms with Crippen molar-refractivity contribution in [2.45, 2.75) is 38.8 Å². The second kappa shape index (κ2) is 4.04. The van der Waals surface area contributed by atoms with Crippen LogP contribution in [0.25, 0.3) is 0 Å². The van der Waals surface area contributed by atoms with E-state index in [1.165, 1.54) is 5.56 Å². The molecule has 1 N–H and O–H groups in total. The zero-order valence-electron chi connectivity index (χ0n) is 9.89. The lowest BCUT2D eigenvalue weighted by atomic mass is 9.93. The fourth-order valence-corrected chi connectivity index (χ4v) is 2.49. The van der Waals surface area contributed by atoms with Crippen molar-refractivity contribution >= 4 is 0 Å². The summed E-state index contributed by atoms with van der Waals surface area (Å²) in [7, 11) is 0. The number of aromatic nitrogens is 2. The molecule has 0 aliphatic heterocycles. The number of aliphatic hydroxyl groups is 1. The SMILES string of the molecule is Cc1cc(Cn2cc3c(c2)C(O)CCC3)no1. The first-order valence-electron chi connectivity index (χ1n) is 6.01. The molecule has 2 heterocycles. The molecule has 2 aromatic heterocycles. The van der Waals surface area contributed by atoms with Gasteiger partial charge in [-0.15, -0.1) is 0 Å². The van der Waals surface area contributed by atoms with Crippen molar-refractivity contribution in [2.24, 2.45) is 0 Å². The molecule has 0 aromatic carbocycles. The van der Waals surface area contributed by atoms with Crippen LogP contribution in [-0.4, -0.2) is 14.8 Å². The van der Waals surface area contributed by atoms with E-state index in [1.807, 2.05) is 19.2 Å². The van der Waals surface area contributed by atoms with E-state index in [0.717, 1.165) is 36.3 Å². The van der Waals surface area contributed by atoms with Crippen molar-refractivity contribution in [3.8, 4) is 0 Å². The Kier molecular flexibility index (Phi) is 2.52. The van der Waals surface area contributed by atoms with E-state index in [9.17, 15) is 5.11 Å². The van der Waals surface area contributed by atoms with Gasteiger partial charge in [-0.05, 0) is 31.7 Å². The molecule has 1 aliphatic rings. The Bertz CT molecular complexity index is 527. The number of hydrogen-bond donors (Lipinski definition) is 1. The lowest BCUT2D eigenvalue weighted by Crippen LogP contribution is -2.05. The normalized spacial score (nSPS) is 19.3. The van der Waals surface area contributed by atoms with Gasteiger partial charge in [-0.3, -0.25) is 0 Å². The number of nitrogens with zero attached hydrogens (tertiary/aromatic N) is 2. The third-order valence-electron chi connectivity index (χ3n) is 3.30. The Labute approximate surface area is 99.9 Å². The molecule has 0 saturated carbocycles. The summed E-state index contributed by atoms with van der Waals surface area (Å²) in [6.45, 7) is 2.60. The van der Waals surface area contributed by atoms with Crippen LogP contribution in [-0.2, 0) is 13.0 Å². The summed E-state index contributed by atoms with van der Waals surface area (Å²) in [5, 5.41) is 13.9. The van der Waals surface area contributed by atoms with Crippen molar-refractivity contribution in [3.63, 3.8) is 0 Å². The third kappa shape index (κ3) is 2.00. The highest BCUT2D eigenvalue weighted by Crippen LogP contribution is 2.30. The van der Waals surface area contributed by atoms with Crippen LogP contribution in [0.4, 0.5) is 0 Å². The minimum atomic E-state index is -0.293. The number of aliphatic hydroxyl groups excluding tert-OH is 1. The largest absolute Gasteiger partial charge is 0.388 e. The molecule has 0 spiro atoms. The summed E-state index contributed by atoms with van der Waals surface area (Å²) < 4.78 is 7.13. The van der Waals surface area contributed by atoms with Gasteiger partial charge in [-0.2, -0.15) is 0 Å². The Morgan fingerprint density at radius 3 is 3.12 bits per heavy atom. The second-order valence-corrected chi connectivity index (χ2v) is 4.75. The van der Waals surface area contributed by atoms with Gasteiger partial charge in [-0.25, -0.2) is 0 Å². The van der Waals surface area contributed by atoms with Gasteiger partial charge in [0.25, 0.3) is 0 Å². The van der Waals surface area contributed by atoms with Gasteiger partial charge < -0.3 is 14.2 Å². The number of fused-ring (bicyclic) bond motifs is 1. The Hall–Kier alpha value is -1.55. The average Bonchev–Trinajstić information content (AvgIpc) is 2.86. The molecule has 2 aromatic rings. The first-order chi connectivity index (χ1) is 8.22. The van der Waals surface area contributed by atoms with Gasteiger partial charge in [0.15, 0.2) is 0 Å². The highest BCUT2D eigenvalue weighted by Gasteiger charge is 2.19. The molecule has 0 saturated heterocycles. The minimum Gasteiger partial charge on any atom is -0.388 e. The zero-order chi connectivity index (χ0) is 11.8. The van der Waals surface area contributed by atoms with Crippen LogP contribution in [0.5, 0.6) is 0 Å². The number of aryl methyl sites for hydroxylation is 2. The molecule has 0 fully saturated rings. The van der Waals surface area contributed by atoms with Gasteiger partial charge in [-0.1, -0.05) is 5.16 Å². The predicted octanol–water partition coefficient (Wildman–Crippen LogP) is 2.20. The number of hydrogen-bond acceptors (Lipinski definition) is 3. The molecule has 3 rings (SSSR count). The Morgan fingerprint density at radius 2 is 2.41 bits per heavy atom. The van der Waals surface area contributed by atoms with Crippen molar-refractivity contribution in [1.29, 1.82) is 0 Å². The lowest BCUT2D eigenvalue weighted by Gasteiger charge is -2.16. The van der Waals surface area contributed by atoms with Gasteiger partial charge in [0.2, 0.25) is 0 Å². The lowest BCUT2D eigenvalue weighted by molar-refractivity contribution is 0.157. The summed E-state index contributed by atoms with van der Waals surface area (Å²) in [5.74, 6) is 0.831. The Morgan fingerprint density at radius 1 is 1.53 bits per heavy atom. The second-order valence-electron chi connectivity index (χ2n) is 4.75. The third-order valence-corrected chi connectivity index (χ3v) is 3.30. The summed E-state index contributed by atoms with van der Waals surface area (Å²) in [4.78, 5) is 0. The van der Waals surface area contributed by atoms with E-state index in [1.54, 1.807) is 0 Å². The van der Waals surface area contributed by atoms with Crippen LogP contribution >= 0.6 is 0 Å². The van der Waals surface area contributed by atoms with Crippen molar-refractivity contribution in [2.75, 3.05) is 0 Å². The van der Waals surface area contributed by atoms with Crippen molar-refractivity contribution in [1.82, 2.24) is 9.72 Å². The van der Waals surface area contributed by atoms with Crippen LogP contribution in [0.3, 0.4) is 0 Å². The zero-order valence-corrected chi connectivity index (χ0v) is 9.89. The van der Waals surface area contributed by atoms with Gasteiger partial charge in [0.1, 0.15) is 11.5 Å².